The van der Waals surface area contributed by atoms with Crippen LogP contribution in [0.15, 0.2) is 12.3 Å². The van der Waals surface area contributed by atoms with Crippen LogP contribution in [0.1, 0.15) is 18.7 Å². The molecule has 0 aromatic carbocycles. The third-order valence-electron chi connectivity index (χ3n) is 2.08. The maximum absolute atomic E-state index is 11.2. The summed E-state index contributed by atoms with van der Waals surface area (Å²) >= 11 is 0. The molecule has 15 heavy (non-hydrogen) atoms. The Morgan fingerprint density at radius 1 is 1.67 bits per heavy atom. The highest BCUT2D eigenvalue weighted by Gasteiger charge is 2.19. The average molecular weight is 232 g/mol. The third kappa shape index (κ3) is 3.29. The maximum Gasteiger partial charge on any atom is 0.149 e. The van der Waals surface area contributed by atoms with E-state index in [1.165, 1.54) is 6.26 Å². The Hall–Kier alpha value is -0.920. The van der Waals surface area contributed by atoms with Crippen molar-refractivity contribution < 1.29 is 8.42 Å². The minimum Gasteiger partial charge on any atom is -0.271 e. The number of hydrogen-bond acceptors (Lipinski definition) is 5. The molecule has 0 saturated carbocycles. The van der Waals surface area contributed by atoms with Gasteiger partial charge in [-0.25, -0.2) is 8.42 Å². The molecule has 1 unspecified atom stereocenters. The standard InChI is InChI=1S/C8H16N4O2S/c1-3-12-8(4-5-10-12)7(11-9)6-15(2,13)14/h4-5,7,11H,3,6,9H2,1-2H3. The summed E-state index contributed by atoms with van der Waals surface area (Å²) in [5.41, 5.74) is 3.28. The zero-order chi connectivity index (χ0) is 11.5. The van der Waals surface area contributed by atoms with Gasteiger partial charge in [0.1, 0.15) is 9.84 Å². The van der Waals surface area contributed by atoms with Gasteiger partial charge in [0.15, 0.2) is 0 Å². The number of rotatable bonds is 5. The van der Waals surface area contributed by atoms with Gasteiger partial charge in [-0.05, 0) is 13.0 Å². The number of aromatic nitrogens is 2. The van der Waals surface area contributed by atoms with E-state index in [1.807, 2.05) is 6.92 Å². The van der Waals surface area contributed by atoms with Crippen molar-refractivity contribution in [2.75, 3.05) is 12.0 Å². The first-order valence-corrected chi connectivity index (χ1v) is 6.69. The lowest BCUT2D eigenvalue weighted by atomic mass is 10.2. The van der Waals surface area contributed by atoms with E-state index in [-0.39, 0.29) is 5.75 Å². The lowest BCUT2D eigenvalue weighted by Gasteiger charge is -2.15. The highest BCUT2D eigenvalue weighted by Crippen LogP contribution is 2.13. The molecule has 7 heteroatoms. The third-order valence-corrected chi connectivity index (χ3v) is 3.02. The molecular formula is C8H16N4O2S. The lowest BCUT2D eigenvalue weighted by molar-refractivity contribution is 0.514. The van der Waals surface area contributed by atoms with Crippen LogP contribution in [0.25, 0.3) is 0 Å². The van der Waals surface area contributed by atoms with Crippen LogP contribution in [0.4, 0.5) is 0 Å². The zero-order valence-corrected chi connectivity index (χ0v) is 9.66. The highest BCUT2D eigenvalue weighted by atomic mass is 32.2. The van der Waals surface area contributed by atoms with Crippen molar-refractivity contribution in [2.24, 2.45) is 5.84 Å². The van der Waals surface area contributed by atoms with Crippen molar-refractivity contribution >= 4 is 9.84 Å². The van der Waals surface area contributed by atoms with Crippen LogP contribution in [0, 0.1) is 0 Å². The molecule has 0 amide bonds. The van der Waals surface area contributed by atoms with Gasteiger partial charge in [-0.15, -0.1) is 0 Å². The van der Waals surface area contributed by atoms with E-state index in [9.17, 15) is 8.42 Å². The van der Waals surface area contributed by atoms with Crippen LogP contribution in [0.5, 0.6) is 0 Å². The summed E-state index contributed by atoms with van der Waals surface area (Å²) in [7, 11) is -3.07. The average Bonchev–Trinajstić information content (AvgIpc) is 2.60. The van der Waals surface area contributed by atoms with Gasteiger partial charge in [-0.1, -0.05) is 0 Å². The Labute approximate surface area is 89.3 Å². The van der Waals surface area contributed by atoms with E-state index in [2.05, 4.69) is 10.5 Å². The van der Waals surface area contributed by atoms with Crippen molar-refractivity contribution in [1.29, 1.82) is 0 Å². The molecule has 0 aliphatic heterocycles. The first-order chi connectivity index (χ1) is 6.98. The molecule has 3 N–H and O–H groups in total. The summed E-state index contributed by atoms with van der Waals surface area (Å²) in [4.78, 5) is 0. The van der Waals surface area contributed by atoms with E-state index in [0.29, 0.717) is 6.54 Å². The molecule has 1 aromatic heterocycles. The first kappa shape index (κ1) is 12.2. The van der Waals surface area contributed by atoms with Gasteiger partial charge in [0.05, 0.1) is 17.5 Å². The largest absolute Gasteiger partial charge is 0.271 e. The van der Waals surface area contributed by atoms with E-state index in [1.54, 1.807) is 16.9 Å². The van der Waals surface area contributed by atoms with E-state index in [4.69, 9.17) is 5.84 Å². The van der Waals surface area contributed by atoms with Crippen LogP contribution in [0.3, 0.4) is 0 Å². The van der Waals surface area contributed by atoms with Crippen LogP contribution in [-0.2, 0) is 16.4 Å². The molecule has 1 aromatic rings. The Balaban J connectivity index is 2.92. The Morgan fingerprint density at radius 2 is 2.33 bits per heavy atom. The van der Waals surface area contributed by atoms with Gasteiger partial charge in [0, 0.05) is 19.0 Å². The van der Waals surface area contributed by atoms with Crippen LogP contribution < -0.4 is 11.3 Å². The van der Waals surface area contributed by atoms with Crippen LogP contribution in [0.2, 0.25) is 0 Å². The lowest BCUT2D eigenvalue weighted by Crippen LogP contribution is -2.34. The fourth-order valence-corrected chi connectivity index (χ4v) is 2.30. The summed E-state index contributed by atoms with van der Waals surface area (Å²) < 4.78 is 24.1. The predicted molar refractivity (Wildman–Crippen MR) is 57.7 cm³/mol. The quantitative estimate of drug-likeness (QED) is 0.525. The van der Waals surface area contributed by atoms with Gasteiger partial charge in [0.25, 0.3) is 0 Å². The Kier molecular flexibility index (Phi) is 3.83. The smallest absolute Gasteiger partial charge is 0.149 e. The molecule has 1 atom stereocenters. The molecule has 0 aliphatic carbocycles. The van der Waals surface area contributed by atoms with Gasteiger partial charge < -0.3 is 0 Å². The predicted octanol–water partition coefficient (Wildman–Crippen LogP) is -0.548. The van der Waals surface area contributed by atoms with Crippen LogP contribution in [-0.4, -0.2) is 30.2 Å². The van der Waals surface area contributed by atoms with Crippen molar-refractivity contribution in [3.05, 3.63) is 18.0 Å². The first-order valence-electron chi connectivity index (χ1n) is 4.63. The van der Waals surface area contributed by atoms with Crippen molar-refractivity contribution in [3.8, 4) is 0 Å². The monoisotopic (exact) mass is 232 g/mol. The molecule has 86 valence electrons. The molecule has 0 bridgehead atoms. The molecule has 0 fully saturated rings. The minimum absolute atomic E-state index is 0.0325. The molecule has 1 rings (SSSR count). The molecule has 0 spiro atoms. The zero-order valence-electron chi connectivity index (χ0n) is 8.84. The van der Waals surface area contributed by atoms with Crippen LogP contribution >= 0.6 is 0 Å². The number of nitrogens with zero attached hydrogens (tertiary/aromatic N) is 2. The molecule has 6 nitrogen and oxygen atoms in total. The van der Waals surface area contributed by atoms with Gasteiger partial charge in [0.2, 0.25) is 0 Å². The highest BCUT2D eigenvalue weighted by molar-refractivity contribution is 7.90. The van der Waals surface area contributed by atoms with Gasteiger partial charge in [-0.3, -0.25) is 16.0 Å². The van der Waals surface area contributed by atoms with E-state index < -0.39 is 15.9 Å². The second kappa shape index (κ2) is 4.73. The molecule has 0 radical (unpaired) electrons. The molecule has 0 saturated heterocycles. The Morgan fingerprint density at radius 3 is 2.80 bits per heavy atom. The summed E-state index contributed by atoms with van der Waals surface area (Å²) in [5, 5.41) is 4.06. The molecular weight excluding hydrogens is 216 g/mol. The molecule has 0 aliphatic rings. The minimum atomic E-state index is -3.07. The fraction of sp³-hybridized carbons (Fsp3) is 0.625. The number of aryl methyl sites for hydroxylation is 1. The van der Waals surface area contributed by atoms with E-state index >= 15 is 0 Å². The second-order valence-electron chi connectivity index (χ2n) is 3.38. The number of hydrazine groups is 1. The summed E-state index contributed by atoms with van der Waals surface area (Å²) in [6, 6.07) is 1.35. The fourth-order valence-electron chi connectivity index (χ4n) is 1.42. The van der Waals surface area contributed by atoms with Crippen molar-refractivity contribution in [1.82, 2.24) is 15.2 Å². The topological polar surface area (TPSA) is 90.0 Å². The number of sulfone groups is 1. The number of nitrogens with two attached hydrogens (primary N) is 1. The number of hydrogen-bond donors (Lipinski definition) is 2. The molecule has 1 heterocycles. The normalized spacial score (nSPS) is 14.1. The SMILES string of the molecule is CCn1nccc1C(CS(C)(=O)=O)NN. The Bertz CT molecular complexity index is 412. The number of nitrogens with one attached hydrogen (secondary N) is 1. The summed E-state index contributed by atoms with van der Waals surface area (Å²) in [5.74, 6) is 5.31. The van der Waals surface area contributed by atoms with E-state index in [0.717, 1.165) is 5.69 Å². The van der Waals surface area contributed by atoms with Crippen molar-refractivity contribution in [2.45, 2.75) is 19.5 Å². The van der Waals surface area contributed by atoms with Crippen molar-refractivity contribution in [3.63, 3.8) is 0 Å². The summed E-state index contributed by atoms with van der Waals surface area (Å²) in [6.07, 6.45) is 2.81. The van der Waals surface area contributed by atoms with Gasteiger partial charge >= 0.3 is 0 Å². The second-order valence-corrected chi connectivity index (χ2v) is 5.57. The van der Waals surface area contributed by atoms with Gasteiger partial charge in [-0.2, -0.15) is 5.10 Å². The maximum atomic E-state index is 11.2. The summed E-state index contributed by atoms with van der Waals surface area (Å²) in [6.45, 7) is 2.62.